The molecule has 2 heterocycles. The standard InChI is InChI=1S/C47H42N6O12/c48-52-50-32-9-1-30(2-10-32)46(56)64-22-34(54)20-58-36-13-5-28-7-15-44(62-26-38-24-60-38)42(40(28)17-36)19-43-41-18-37(14-6-29(41)8-16-45(43)63-27-39-25-61-39)59-21-35(55)23-65-47(57)31-3-11-33(12-4-31)51-53-49/h1-18,34-35,38-39,54-55H,19-27H2. The summed E-state index contributed by atoms with van der Waals surface area (Å²) in [5, 5.41) is 31.9. The van der Waals surface area contributed by atoms with E-state index in [-0.39, 0.29) is 49.8 Å². The molecule has 8 rings (SSSR count). The predicted molar refractivity (Wildman–Crippen MR) is 235 cm³/mol. The van der Waals surface area contributed by atoms with Crippen LogP contribution in [0.5, 0.6) is 23.0 Å². The fourth-order valence-corrected chi connectivity index (χ4v) is 6.79. The van der Waals surface area contributed by atoms with Crippen LogP contribution in [0.15, 0.2) is 119 Å². The highest BCUT2D eigenvalue weighted by Crippen LogP contribution is 2.39. The Bertz CT molecular complexity index is 2580. The van der Waals surface area contributed by atoms with Gasteiger partial charge in [-0.25, -0.2) is 9.59 Å². The second-order valence-electron chi connectivity index (χ2n) is 15.2. The van der Waals surface area contributed by atoms with Crippen LogP contribution in [0.1, 0.15) is 31.8 Å². The summed E-state index contributed by atoms with van der Waals surface area (Å²) in [7, 11) is 0. The number of azide groups is 2. The molecule has 6 aromatic rings. The SMILES string of the molecule is [N-]=[N+]=Nc1ccc(C(=O)OCC(O)COc2ccc3ccc(OCC4CO4)c(Cc4c(OCC5CO5)ccc5ccc(OCC(O)COC(=O)c6ccc(N=[N+]=[N-])cc6)cc45)c3c2)cc1. The summed E-state index contributed by atoms with van der Waals surface area (Å²) in [6.45, 7) is 0.962. The molecular weight excluding hydrogens is 841 g/mol. The van der Waals surface area contributed by atoms with E-state index in [2.05, 4.69) is 20.1 Å². The molecule has 4 unspecified atom stereocenters. The second-order valence-corrected chi connectivity index (χ2v) is 15.2. The number of aliphatic hydroxyl groups is 2. The Balaban J connectivity index is 1.00. The number of fused-ring (bicyclic) bond motifs is 2. The average Bonchev–Trinajstić information content (AvgIpc) is 4.28. The van der Waals surface area contributed by atoms with Crippen molar-refractivity contribution >= 4 is 44.9 Å². The molecule has 0 spiro atoms. The number of rotatable bonds is 22. The normalized spacial score (nSPS) is 15.7. The molecule has 332 valence electrons. The van der Waals surface area contributed by atoms with Gasteiger partial charge in [0.1, 0.15) is 87.1 Å². The van der Waals surface area contributed by atoms with Crippen molar-refractivity contribution in [2.45, 2.75) is 30.8 Å². The summed E-state index contributed by atoms with van der Waals surface area (Å²) in [6, 6.07) is 30.7. The third kappa shape index (κ3) is 11.9. The van der Waals surface area contributed by atoms with Gasteiger partial charge in [0.25, 0.3) is 0 Å². The smallest absolute Gasteiger partial charge is 0.338 e. The molecule has 2 aliphatic heterocycles. The number of nitrogens with zero attached hydrogens (tertiary/aromatic N) is 6. The van der Waals surface area contributed by atoms with Crippen LogP contribution in [-0.4, -0.2) is 99.4 Å². The van der Waals surface area contributed by atoms with Crippen LogP contribution in [0.25, 0.3) is 42.4 Å². The van der Waals surface area contributed by atoms with Gasteiger partial charge in [-0.1, -0.05) is 58.8 Å². The number of hydrogen-bond acceptors (Lipinski definition) is 14. The van der Waals surface area contributed by atoms with Crippen molar-refractivity contribution in [3.8, 4) is 23.0 Å². The van der Waals surface area contributed by atoms with Gasteiger partial charge in [0.2, 0.25) is 0 Å². The molecule has 0 bridgehead atoms. The maximum atomic E-state index is 12.6. The van der Waals surface area contributed by atoms with Gasteiger partial charge >= 0.3 is 11.9 Å². The first-order valence-corrected chi connectivity index (χ1v) is 20.6. The Hall–Kier alpha value is -7.56. The van der Waals surface area contributed by atoms with E-state index >= 15 is 0 Å². The largest absolute Gasteiger partial charge is 0.491 e. The average molecular weight is 883 g/mol. The molecule has 2 saturated heterocycles. The zero-order valence-corrected chi connectivity index (χ0v) is 34.7. The number of epoxide rings is 2. The molecule has 18 heteroatoms. The lowest BCUT2D eigenvalue weighted by molar-refractivity contribution is 0.0127. The van der Waals surface area contributed by atoms with Gasteiger partial charge < -0.3 is 48.1 Å². The Morgan fingerprint density at radius 1 is 0.585 bits per heavy atom. The highest BCUT2D eigenvalue weighted by molar-refractivity contribution is 5.93. The van der Waals surface area contributed by atoms with Crippen LogP contribution in [-0.2, 0) is 25.4 Å². The number of benzene rings is 6. The Morgan fingerprint density at radius 2 is 0.985 bits per heavy atom. The minimum absolute atomic E-state index is 0.00799. The third-order valence-electron chi connectivity index (χ3n) is 10.4. The first-order valence-electron chi connectivity index (χ1n) is 20.6. The van der Waals surface area contributed by atoms with Crippen LogP contribution in [0.4, 0.5) is 11.4 Å². The van der Waals surface area contributed by atoms with Gasteiger partial charge in [-0.2, -0.15) is 0 Å². The minimum atomic E-state index is -1.14. The van der Waals surface area contributed by atoms with Crippen molar-refractivity contribution in [2.75, 3.05) is 52.9 Å². The molecule has 0 aromatic heterocycles. The summed E-state index contributed by atoms with van der Waals surface area (Å²) < 4.78 is 46.3. The Morgan fingerprint density at radius 3 is 1.37 bits per heavy atom. The highest BCUT2D eigenvalue weighted by Gasteiger charge is 2.26. The Labute approximate surface area is 371 Å². The van der Waals surface area contributed by atoms with Crippen LogP contribution >= 0.6 is 0 Å². The van der Waals surface area contributed by atoms with E-state index in [1.54, 1.807) is 12.1 Å². The van der Waals surface area contributed by atoms with Gasteiger partial charge in [0.15, 0.2) is 0 Å². The summed E-state index contributed by atoms with van der Waals surface area (Å²) >= 11 is 0. The maximum Gasteiger partial charge on any atom is 0.338 e. The van der Waals surface area contributed by atoms with Gasteiger partial charge in [0.05, 0.1) is 24.3 Å². The van der Waals surface area contributed by atoms with Crippen molar-refractivity contribution < 1.29 is 57.7 Å². The summed E-state index contributed by atoms with van der Waals surface area (Å²) in [6.07, 6.45) is -1.95. The fourth-order valence-electron chi connectivity index (χ4n) is 6.79. The van der Waals surface area contributed by atoms with E-state index < -0.39 is 24.1 Å². The van der Waals surface area contributed by atoms with Gasteiger partial charge in [-0.15, -0.1) is 0 Å². The monoisotopic (exact) mass is 882 g/mol. The van der Waals surface area contributed by atoms with Crippen LogP contribution in [0.2, 0.25) is 0 Å². The van der Waals surface area contributed by atoms with E-state index in [1.165, 1.54) is 48.5 Å². The lowest BCUT2D eigenvalue weighted by Gasteiger charge is -2.19. The number of ether oxygens (including phenoxy) is 8. The van der Waals surface area contributed by atoms with Crippen molar-refractivity contribution in [3.63, 3.8) is 0 Å². The maximum absolute atomic E-state index is 12.6. The van der Waals surface area contributed by atoms with E-state index in [1.807, 2.05) is 48.5 Å². The minimum Gasteiger partial charge on any atom is -0.491 e. The molecular formula is C47H42N6O12. The molecule has 0 amide bonds. The summed E-state index contributed by atoms with van der Waals surface area (Å²) in [4.78, 5) is 30.6. The van der Waals surface area contributed by atoms with E-state index in [0.29, 0.717) is 67.2 Å². The number of carbonyl (C=O) groups excluding carboxylic acids is 2. The number of carbonyl (C=O) groups is 2. The number of aliphatic hydroxyl groups excluding tert-OH is 2. The summed E-state index contributed by atoms with van der Waals surface area (Å²) in [5.41, 5.74) is 20.1. The highest BCUT2D eigenvalue weighted by atomic mass is 16.6. The van der Waals surface area contributed by atoms with E-state index in [4.69, 9.17) is 49.0 Å². The molecule has 2 fully saturated rings. The molecule has 0 saturated carbocycles. The van der Waals surface area contributed by atoms with Crippen LogP contribution < -0.4 is 18.9 Å². The second kappa shape index (κ2) is 20.7. The third-order valence-corrected chi connectivity index (χ3v) is 10.4. The first-order chi connectivity index (χ1) is 31.7. The topological polar surface area (TPSA) is 253 Å². The lowest BCUT2D eigenvalue weighted by atomic mass is 9.93. The predicted octanol–water partition coefficient (Wildman–Crippen LogP) is 8.22. The zero-order chi connectivity index (χ0) is 45.1. The van der Waals surface area contributed by atoms with Crippen LogP contribution in [0.3, 0.4) is 0 Å². The van der Waals surface area contributed by atoms with E-state index in [0.717, 1.165) is 32.7 Å². The number of hydrogen-bond donors (Lipinski definition) is 2. The fraction of sp³-hybridized carbons (Fsp3) is 0.277. The summed E-state index contributed by atoms with van der Waals surface area (Å²) in [5.74, 6) is 0.888. The van der Waals surface area contributed by atoms with Crippen molar-refractivity contribution in [1.29, 1.82) is 0 Å². The molecule has 2 aliphatic rings. The molecule has 6 aromatic carbocycles. The zero-order valence-electron chi connectivity index (χ0n) is 34.7. The molecule has 65 heavy (non-hydrogen) atoms. The van der Waals surface area contributed by atoms with Crippen LogP contribution in [0, 0.1) is 0 Å². The molecule has 0 radical (unpaired) electrons. The number of esters is 2. The van der Waals surface area contributed by atoms with Crippen molar-refractivity contribution in [1.82, 2.24) is 0 Å². The van der Waals surface area contributed by atoms with Gasteiger partial charge in [-0.3, -0.25) is 0 Å². The first kappa shape index (κ1) is 44.1. The molecule has 4 atom stereocenters. The molecule has 2 N–H and O–H groups in total. The van der Waals surface area contributed by atoms with Gasteiger partial charge in [0, 0.05) is 38.7 Å². The van der Waals surface area contributed by atoms with Crippen molar-refractivity contribution in [3.05, 3.63) is 152 Å². The molecule has 18 nitrogen and oxygen atoms in total. The van der Waals surface area contributed by atoms with Crippen molar-refractivity contribution in [2.24, 2.45) is 10.2 Å². The quantitative estimate of drug-likeness (QED) is 0.0215. The lowest BCUT2D eigenvalue weighted by Crippen LogP contribution is -2.25. The molecule has 0 aliphatic carbocycles. The Kier molecular flexibility index (Phi) is 14.1. The van der Waals surface area contributed by atoms with E-state index in [9.17, 15) is 19.8 Å². The van der Waals surface area contributed by atoms with Gasteiger partial charge in [-0.05, 0) is 93.3 Å².